The molecule has 152 valence electrons. The van der Waals surface area contributed by atoms with Gasteiger partial charge in [0.05, 0.1) is 11.4 Å². The van der Waals surface area contributed by atoms with Gasteiger partial charge in [0.2, 0.25) is 11.2 Å². The van der Waals surface area contributed by atoms with E-state index in [1.807, 2.05) is 42.4 Å². The Morgan fingerprint density at radius 1 is 1.24 bits per heavy atom. The van der Waals surface area contributed by atoms with Crippen LogP contribution in [0.1, 0.15) is 35.7 Å². The minimum atomic E-state index is -1.65. The fourth-order valence-electron chi connectivity index (χ4n) is 3.61. The molecule has 0 aliphatic carbocycles. The average molecular weight is 412 g/mol. The van der Waals surface area contributed by atoms with Crippen LogP contribution in [0, 0.1) is 13.8 Å². The summed E-state index contributed by atoms with van der Waals surface area (Å²) >= 11 is -1.65. The number of aromatic nitrogens is 3. The van der Waals surface area contributed by atoms with Gasteiger partial charge in [0.25, 0.3) is 0 Å². The number of para-hydroxylation sites is 1. The number of hydrogen-bond acceptors (Lipinski definition) is 4. The molecule has 7 nitrogen and oxygen atoms in total. The van der Waals surface area contributed by atoms with Crippen LogP contribution in [0.25, 0.3) is 11.5 Å². The quantitative estimate of drug-likeness (QED) is 0.626. The van der Waals surface area contributed by atoms with E-state index in [2.05, 4.69) is 21.0 Å². The molecule has 1 saturated heterocycles. The van der Waals surface area contributed by atoms with Crippen LogP contribution in [0.5, 0.6) is 0 Å². The van der Waals surface area contributed by atoms with Gasteiger partial charge >= 0.3 is 0 Å². The van der Waals surface area contributed by atoms with Crippen molar-refractivity contribution in [1.29, 1.82) is 0 Å². The number of pyridine rings is 1. The van der Waals surface area contributed by atoms with Crippen molar-refractivity contribution in [2.75, 3.05) is 17.6 Å². The van der Waals surface area contributed by atoms with Gasteiger partial charge < -0.3 is 4.98 Å². The van der Waals surface area contributed by atoms with E-state index in [1.54, 1.807) is 18.3 Å². The summed E-state index contributed by atoms with van der Waals surface area (Å²) in [7, 11) is 0. The second kappa shape index (κ2) is 8.44. The summed E-state index contributed by atoms with van der Waals surface area (Å²) in [5.41, 5.74) is 4.48. The molecule has 0 bridgehead atoms. The summed E-state index contributed by atoms with van der Waals surface area (Å²) in [4.78, 5) is 12.3. The van der Waals surface area contributed by atoms with Crippen molar-refractivity contribution in [2.24, 2.45) is 0 Å². The SMILES string of the molecule is Cc1nc(-c2cc(C3CCCN(S(=O)N(O)c4ccccc4)C3)ccn2)[nH]c1C. The van der Waals surface area contributed by atoms with E-state index < -0.39 is 11.2 Å². The normalized spacial score (nSPS) is 18.5. The molecule has 0 saturated carbocycles. The number of aromatic amines is 1. The Morgan fingerprint density at radius 3 is 2.76 bits per heavy atom. The van der Waals surface area contributed by atoms with Crippen molar-refractivity contribution < 1.29 is 9.42 Å². The lowest BCUT2D eigenvalue weighted by Gasteiger charge is -2.33. The molecule has 0 spiro atoms. The van der Waals surface area contributed by atoms with Gasteiger partial charge in [-0.3, -0.25) is 10.2 Å². The molecule has 4 rings (SSSR count). The fourth-order valence-corrected chi connectivity index (χ4v) is 4.72. The molecule has 2 aromatic heterocycles. The van der Waals surface area contributed by atoms with Crippen LogP contribution < -0.4 is 4.47 Å². The molecule has 29 heavy (non-hydrogen) atoms. The Kier molecular flexibility index (Phi) is 5.75. The Bertz CT molecular complexity index is 988. The second-order valence-corrected chi connectivity index (χ2v) is 8.66. The van der Waals surface area contributed by atoms with Crippen LogP contribution in [0.15, 0.2) is 48.7 Å². The fraction of sp³-hybridized carbons (Fsp3) is 0.333. The maximum Gasteiger partial charge on any atom is 0.223 e. The van der Waals surface area contributed by atoms with Crippen molar-refractivity contribution in [3.05, 3.63) is 65.6 Å². The Morgan fingerprint density at radius 2 is 2.03 bits per heavy atom. The molecule has 1 aliphatic rings. The van der Waals surface area contributed by atoms with Gasteiger partial charge in [-0.05, 0) is 62.4 Å². The largest absolute Gasteiger partial charge is 0.341 e. The van der Waals surface area contributed by atoms with E-state index in [0.29, 0.717) is 18.8 Å². The first kappa shape index (κ1) is 19.8. The Labute approximate surface area is 173 Å². The van der Waals surface area contributed by atoms with Gasteiger partial charge in [0.1, 0.15) is 5.69 Å². The van der Waals surface area contributed by atoms with E-state index in [4.69, 9.17) is 0 Å². The highest BCUT2D eigenvalue weighted by atomic mass is 32.2. The zero-order valence-corrected chi connectivity index (χ0v) is 17.4. The van der Waals surface area contributed by atoms with E-state index in [0.717, 1.165) is 45.8 Å². The molecular weight excluding hydrogens is 386 g/mol. The van der Waals surface area contributed by atoms with Crippen LogP contribution in [0.3, 0.4) is 0 Å². The topological polar surface area (TPSA) is 85.3 Å². The minimum absolute atomic E-state index is 0.218. The number of nitrogens with zero attached hydrogens (tertiary/aromatic N) is 4. The summed E-state index contributed by atoms with van der Waals surface area (Å²) in [6, 6.07) is 13.0. The van der Waals surface area contributed by atoms with Crippen LogP contribution in [0.4, 0.5) is 5.69 Å². The third-order valence-electron chi connectivity index (χ3n) is 5.36. The lowest BCUT2D eigenvalue weighted by molar-refractivity contribution is 0.288. The summed E-state index contributed by atoms with van der Waals surface area (Å²) in [6.45, 7) is 5.26. The van der Waals surface area contributed by atoms with Crippen molar-refractivity contribution in [1.82, 2.24) is 19.3 Å². The zero-order chi connectivity index (χ0) is 20.4. The van der Waals surface area contributed by atoms with Crippen LogP contribution in [0.2, 0.25) is 0 Å². The molecule has 3 heterocycles. The molecule has 0 amide bonds. The zero-order valence-electron chi connectivity index (χ0n) is 16.6. The number of hydrogen-bond donors (Lipinski definition) is 2. The predicted octanol–water partition coefficient (Wildman–Crippen LogP) is 3.74. The lowest BCUT2D eigenvalue weighted by Crippen LogP contribution is -2.42. The highest BCUT2D eigenvalue weighted by molar-refractivity contribution is 7.83. The Balaban J connectivity index is 1.51. The maximum atomic E-state index is 12.9. The molecule has 3 aromatic rings. The molecule has 1 aliphatic heterocycles. The average Bonchev–Trinajstić information content (AvgIpc) is 3.12. The monoisotopic (exact) mass is 411 g/mol. The molecule has 0 radical (unpaired) electrons. The van der Waals surface area contributed by atoms with Crippen LogP contribution in [-0.2, 0) is 11.2 Å². The van der Waals surface area contributed by atoms with Crippen molar-refractivity contribution in [3.8, 4) is 11.5 Å². The van der Waals surface area contributed by atoms with E-state index in [-0.39, 0.29) is 5.92 Å². The first-order valence-corrected chi connectivity index (χ1v) is 10.8. The number of imidazole rings is 1. The molecule has 8 heteroatoms. The molecule has 2 atom stereocenters. The highest BCUT2D eigenvalue weighted by Crippen LogP contribution is 2.30. The van der Waals surface area contributed by atoms with Crippen molar-refractivity contribution in [3.63, 3.8) is 0 Å². The number of H-pyrrole nitrogens is 1. The van der Waals surface area contributed by atoms with Gasteiger partial charge in [0.15, 0.2) is 5.82 Å². The number of piperidine rings is 1. The summed E-state index contributed by atoms with van der Waals surface area (Å²) < 4.78 is 15.6. The molecule has 2 unspecified atom stereocenters. The Hall–Kier alpha value is -2.55. The second-order valence-electron chi connectivity index (χ2n) is 7.34. The number of nitrogens with one attached hydrogen (secondary N) is 1. The van der Waals surface area contributed by atoms with Gasteiger partial charge in [-0.25, -0.2) is 13.5 Å². The van der Waals surface area contributed by atoms with Crippen molar-refractivity contribution in [2.45, 2.75) is 32.6 Å². The van der Waals surface area contributed by atoms with Gasteiger partial charge in [0, 0.05) is 25.0 Å². The molecule has 2 N–H and O–H groups in total. The number of rotatable bonds is 5. The maximum absolute atomic E-state index is 12.9. The van der Waals surface area contributed by atoms with Gasteiger partial charge in [-0.1, -0.05) is 18.2 Å². The van der Waals surface area contributed by atoms with Crippen molar-refractivity contribution >= 4 is 16.9 Å². The van der Waals surface area contributed by atoms with E-state index in [9.17, 15) is 9.42 Å². The van der Waals surface area contributed by atoms with Gasteiger partial charge in [-0.15, -0.1) is 0 Å². The summed E-state index contributed by atoms with van der Waals surface area (Å²) in [5.74, 6) is 0.986. The van der Waals surface area contributed by atoms with Crippen LogP contribution in [-0.4, -0.2) is 41.8 Å². The van der Waals surface area contributed by atoms with E-state index >= 15 is 0 Å². The molecular formula is C21H25N5O2S. The standard InChI is InChI=1S/C21H25N5O2S/c1-15-16(2)24-21(23-15)20-13-17(10-11-22-20)18-7-6-12-25(14-18)29(28)26(27)19-8-4-3-5-9-19/h3-5,8-11,13,18,27H,6-7,12,14H2,1-2H3,(H,23,24). The number of benzene rings is 1. The van der Waals surface area contributed by atoms with E-state index in [1.165, 1.54) is 0 Å². The molecule has 1 fully saturated rings. The van der Waals surface area contributed by atoms with Gasteiger partial charge in [-0.2, -0.15) is 4.47 Å². The predicted molar refractivity (Wildman–Crippen MR) is 114 cm³/mol. The third-order valence-corrected chi connectivity index (χ3v) is 6.64. The smallest absolute Gasteiger partial charge is 0.223 e. The number of aryl methyl sites for hydroxylation is 2. The highest BCUT2D eigenvalue weighted by Gasteiger charge is 2.28. The summed E-state index contributed by atoms with van der Waals surface area (Å²) in [5, 5.41) is 10.4. The molecule has 1 aromatic carbocycles. The number of anilines is 1. The first-order valence-electron chi connectivity index (χ1n) is 9.73. The minimum Gasteiger partial charge on any atom is -0.341 e. The van der Waals surface area contributed by atoms with Crippen LogP contribution >= 0.6 is 0 Å². The lowest BCUT2D eigenvalue weighted by atomic mass is 9.92. The third kappa shape index (κ3) is 4.24. The summed E-state index contributed by atoms with van der Waals surface area (Å²) in [6.07, 6.45) is 3.72. The first-order chi connectivity index (χ1) is 14.0.